The molecule has 0 unspecified atom stereocenters. The fourth-order valence-corrected chi connectivity index (χ4v) is 2.59. The molecule has 0 atom stereocenters. The minimum absolute atomic E-state index is 0.0610. The molecular weight excluding hydrogens is 272 g/mol. The molecule has 1 aromatic carbocycles. The van der Waals surface area contributed by atoms with Gasteiger partial charge in [0.1, 0.15) is 0 Å². The largest absolute Gasteiger partial charge is 0.315 e. The van der Waals surface area contributed by atoms with Crippen LogP contribution in [-0.4, -0.2) is 27.3 Å². The van der Waals surface area contributed by atoms with Crippen LogP contribution in [0.15, 0.2) is 24.3 Å². The summed E-state index contributed by atoms with van der Waals surface area (Å²) < 4.78 is 24.8. The lowest BCUT2D eigenvalue weighted by atomic mass is 9.81. The van der Waals surface area contributed by atoms with Gasteiger partial charge in [-0.05, 0) is 36.1 Å². The molecule has 0 radical (unpaired) electrons. The second kappa shape index (κ2) is 6.59. The van der Waals surface area contributed by atoms with E-state index in [1.807, 2.05) is 24.3 Å². The van der Waals surface area contributed by atoms with Gasteiger partial charge in [0.15, 0.2) is 0 Å². The molecule has 0 aliphatic heterocycles. The number of benzene rings is 1. The van der Waals surface area contributed by atoms with E-state index in [2.05, 4.69) is 37.7 Å². The van der Waals surface area contributed by atoms with E-state index < -0.39 is 10.0 Å². The molecule has 0 aliphatic carbocycles. The topological polar surface area (TPSA) is 58.2 Å². The van der Waals surface area contributed by atoms with Crippen molar-refractivity contribution in [2.24, 2.45) is 0 Å². The zero-order valence-electron chi connectivity index (χ0n) is 13.0. The van der Waals surface area contributed by atoms with Gasteiger partial charge in [-0.3, -0.25) is 4.72 Å². The van der Waals surface area contributed by atoms with Crippen LogP contribution in [0.5, 0.6) is 0 Å². The number of anilines is 1. The number of nitrogens with one attached hydrogen (secondary N) is 2. The maximum atomic E-state index is 11.2. The third kappa shape index (κ3) is 5.92. The third-order valence-corrected chi connectivity index (χ3v) is 3.88. The van der Waals surface area contributed by atoms with Gasteiger partial charge in [-0.15, -0.1) is 0 Å². The van der Waals surface area contributed by atoms with Crippen molar-refractivity contribution in [3.05, 3.63) is 29.8 Å². The Morgan fingerprint density at radius 1 is 1.15 bits per heavy atom. The first kappa shape index (κ1) is 17.0. The van der Waals surface area contributed by atoms with Crippen LogP contribution in [0.4, 0.5) is 5.69 Å². The summed E-state index contributed by atoms with van der Waals surface area (Å²) in [5.74, 6) is 0. The second-order valence-corrected chi connectivity index (χ2v) is 7.94. The van der Waals surface area contributed by atoms with Crippen LogP contribution in [0.3, 0.4) is 0 Å². The summed E-state index contributed by atoms with van der Waals surface area (Å²) in [5.41, 5.74) is 1.88. The van der Waals surface area contributed by atoms with Crippen molar-refractivity contribution in [3.8, 4) is 0 Å². The lowest BCUT2D eigenvalue weighted by Crippen LogP contribution is -2.29. The Bertz CT molecular complexity index is 519. The molecule has 0 aromatic heterocycles. The van der Waals surface area contributed by atoms with Crippen LogP contribution in [0.2, 0.25) is 0 Å². The number of rotatable bonds is 7. The molecule has 5 heteroatoms. The number of sulfonamides is 1. The predicted octanol–water partition coefficient (Wildman–Crippen LogP) is 2.72. The summed E-state index contributed by atoms with van der Waals surface area (Å²) in [5, 5.41) is 3.42. The van der Waals surface area contributed by atoms with E-state index in [0.717, 1.165) is 19.2 Å². The molecule has 0 saturated carbocycles. The van der Waals surface area contributed by atoms with Crippen molar-refractivity contribution in [2.75, 3.05) is 17.5 Å². The molecule has 0 heterocycles. The minimum Gasteiger partial charge on any atom is -0.315 e. The summed E-state index contributed by atoms with van der Waals surface area (Å²) in [4.78, 5) is 0. The van der Waals surface area contributed by atoms with Crippen LogP contribution in [0.25, 0.3) is 0 Å². The summed E-state index contributed by atoms with van der Waals surface area (Å²) in [6.07, 6.45) is 2.19. The van der Waals surface area contributed by atoms with Crippen molar-refractivity contribution in [3.63, 3.8) is 0 Å². The highest BCUT2D eigenvalue weighted by atomic mass is 32.2. The van der Waals surface area contributed by atoms with Gasteiger partial charge in [0.25, 0.3) is 0 Å². The highest BCUT2D eigenvalue weighted by Gasteiger charge is 2.20. The average Bonchev–Trinajstić information content (AvgIpc) is 2.26. The van der Waals surface area contributed by atoms with Crippen LogP contribution in [0.1, 0.15) is 39.7 Å². The third-order valence-electron chi connectivity index (χ3n) is 3.27. The molecule has 4 nitrogen and oxygen atoms in total. The summed E-state index contributed by atoms with van der Waals surface area (Å²) in [7, 11) is -3.21. The lowest BCUT2D eigenvalue weighted by molar-refractivity contribution is 0.441. The van der Waals surface area contributed by atoms with E-state index >= 15 is 0 Å². The molecule has 2 N–H and O–H groups in total. The molecule has 1 aromatic rings. The normalized spacial score (nSPS) is 12.7. The van der Waals surface area contributed by atoms with E-state index in [4.69, 9.17) is 0 Å². The maximum absolute atomic E-state index is 11.2. The van der Waals surface area contributed by atoms with Gasteiger partial charge in [0.05, 0.1) is 6.26 Å². The number of hydrogen-bond acceptors (Lipinski definition) is 3. The van der Waals surface area contributed by atoms with Crippen molar-refractivity contribution >= 4 is 15.7 Å². The highest BCUT2D eigenvalue weighted by Crippen LogP contribution is 2.27. The minimum atomic E-state index is -3.21. The molecule has 0 aliphatic rings. The van der Waals surface area contributed by atoms with Gasteiger partial charge < -0.3 is 5.32 Å². The lowest BCUT2D eigenvalue weighted by Gasteiger charge is -2.26. The van der Waals surface area contributed by atoms with Crippen LogP contribution >= 0.6 is 0 Å². The molecule has 1 rings (SSSR count). The second-order valence-electron chi connectivity index (χ2n) is 6.19. The molecule has 0 fully saturated rings. The predicted molar refractivity (Wildman–Crippen MR) is 85.7 cm³/mol. The molecule has 114 valence electrons. The average molecular weight is 298 g/mol. The van der Waals surface area contributed by atoms with Gasteiger partial charge >= 0.3 is 0 Å². The SMILES string of the molecule is CC(C)NCCC(C)(C)c1ccc(NS(C)(=O)=O)cc1. The molecular formula is C15H26N2O2S. The Hall–Kier alpha value is -1.07. The first-order chi connectivity index (χ1) is 9.10. The summed E-state index contributed by atoms with van der Waals surface area (Å²) in [6.45, 7) is 9.65. The van der Waals surface area contributed by atoms with Gasteiger partial charge in [-0.1, -0.05) is 39.8 Å². The van der Waals surface area contributed by atoms with E-state index in [1.54, 1.807) is 0 Å². The van der Waals surface area contributed by atoms with E-state index in [1.165, 1.54) is 5.56 Å². The van der Waals surface area contributed by atoms with Crippen LogP contribution < -0.4 is 10.0 Å². The number of hydrogen-bond donors (Lipinski definition) is 2. The zero-order chi connectivity index (χ0) is 15.4. The molecule has 0 saturated heterocycles. The first-order valence-corrected chi connectivity index (χ1v) is 8.81. The van der Waals surface area contributed by atoms with Crippen LogP contribution in [-0.2, 0) is 15.4 Å². The van der Waals surface area contributed by atoms with E-state index in [9.17, 15) is 8.42 Å². The monoisotopic (exact) mass is 298 g/mol. The Morgan fingerprint density at radius 2 is 1.70 bits per heavy atom. The van der Waals surface area contributed by atoms with Crippen LogP contribution in [0, 0.1) is 0 Å². The van der Waals surface area contributed by atoms with Gasteiger partial charge in [0.2, 0.25) is 10.0 Å². The molecule has 0 spiro atoms. The molecule has 0 amide bonds. The standard InChI is InChI=1S/C15H26N2O2S/c1-12(2)16-11-10-15(3,4)13-6-8-14(9-7-13)17-20(5,18)19/h6-9,12,16-17H,10-11H2,1-5H3. The van der Waals surface area contributed by atoms with Gasteiger partial charge in [-0.25, -0.2) is 8.42 Å². The van der Waals surface area contributed by atoms with E-state index in [0.29, 0.717) is 11.7 Å². The van der Waals surface area contributed by atoms with Crippen molar-refractivity contribution in [1.29, 1.82) is 0 Å². The fourth-order valence-electron chi connectivity index (χ4n) is 2.02. The van der Waals surface area contributed by atoms with Crippen molar-refractivity contribution in [1.82, 2.24) is 5.32 Å². The Labute approximate surface area is 123 Å². The fraction of sp³-hybridized carbons (Fsp3) is 0.600. The molecule has 20 heavy (non-hydrogen) atoms. The van der Waals surface area contributed by atoms with Crippen molar-refractivity contribution < 1.29 is 8.42 Å². The highest BCUT2D eigenvalue weighted by molar-refractivity contribution is 7.92. The zero-order valence-corrected chi connectivity index (χ0v) is 13.8. The van der Waals surface area contributed by atoms with Gasteiger partial charge in [0, 0.05) is 11.7 Å². The summed E-state index contributed by atoms with van der Waals surface area (Å²) >= 11 is 0. The Kier molecular flexibility index (Phi) is 5.59. The maximum Gasteiger partial charge on any atom is 0.229 e. The Morgan fingerprint density at radius 3 is 2.15 bits per heavy atom. The quantitative estimate of drug-likeness (QED) is 0.814. The van der Waals surface area contributed by atoms with Gasteiger partial charge in [-0.2, -0.15) is 0 Å². The van der Waals surface area contributed by atoms with Crippen molar-refractivity contribution in [2.45, 2.75) is 45.6 Å². The Balaban J connectivity index is 2.71. The van der Waals surface area contributed by atoms with E-state index in [-0.39, 0.29) is 5.41 Å². The smallest absolute Gasteiger partial charge is 0.229 e. The first-order valence-electron chi connectivity index (χ1n) is 6.92. The molecule has 0 bridgehead atoms. The summed E-state index contributed by atoms with van der Waals surface area (Å²) in [6, 6.07) is 8.10.